The van der Waals surface area contributed by atoms with Crippen molar-refractivity contribution < 1.29 is 0 Å². The smallest absolute Gasteiger partial charge is 0.0898 e. The van der Waals surface area contributed by atoms with Crippen LogP contribution < -0.4 is 0 Å². The number of fused-ring (bicyclic) bond motifs is 1. The molecule has 0 aliphatic carbocycles. The minimum Gasteiger partial charge on any atom is -0.275 e. The van der Waals surface area contributed by atoms with Crippen LogP contribution in [0.1, 0.15) is 5.56 Å². The zero-order valence-electron chi connectivity index (χ0n) is 12.3. The van der Waals surface area contributed by atoms with Gasteiger partial charge in [0.05, 0.1) is 22.1 Å². The molecule has 0 bridgehead atoms. The fraction of sp³-hybridized carbons (Fsp3) is 0.118. The number of aryl methyl sites for hydroxylation is 2. The highest BCUT2D eigenvalue weighted by Crippen LogP contribution is 2.36. The van der Waals surface area contributed by atoms with Gasteiger partial charge in [-0.1, -0.05) is 0 Å². The van der Waals surface area contributed by atoms with Crippen molar-refractivity contribution in [2.24, 2.45) is 7.05 Å². The molecule has 4 aromatic rings. The Bertz CT molecular complexity index is 953. The number of hydrogen-bond donors (Lipinski definition) is 0. The van der Waals surface area contributed by atoms with Gasteiger partial charge in [0.25, 0.3) is 0 Å². The maximum atomic E-state index is 4.89. The van der Waals surface area contributed by atoms with Crippen molar-refractivity contribution in [1.29, 1.82) is 0 Å². The van der Waals surface area contributed by atoms with Crippen LogP contribution in [0.15, 0.2) is 48.4 Å². The summed E-state index contributed by atoms with van der Waals surface area (Å²) in [6, 6.07) is 6.18. The number of hydrogen-bond acceptors (Lipinski definition) is 4. The zero-order chi connectivity index (χ0) is 15.1. The number of rotatable bonds is 2. The maximum absolute atomic E-state index is 4.89. The minimum atomic E-state index is 0.965. The summed E-state index contributed by atoms with van der Waals surface area (Å²) in [4.78, 5) is 8.99. The van der Waals surface area contributed by atoms with E-state index in [1.807, 2.05) is 44.0 Å². The van der Waals surface area contributed by atoms with E-state index >= 15 is 0 Å². The number of pyridine rings is 2. The Morgan fingerprint density at radius 2 is 1.95 bits per heavy atom. The lowest BCUT2D eigenvalue weighted by Crippen LogP contribution is -1.87. The van der Waals surface area contributed by atoms with Gasteiger partial charge in [-0.2, -0.15) is 5.10 Å². The second kappa shape index (κ2) is 5.03. The highest BCUT2D eigenvalue weighted by Gasteiger charge is 2.13. The predicted octanol–water partition coefficient (Wildman–Crippen LogP) is 4.07. The molecule has 0 aromatic carbocycles. The van der Waals surface area contributed by atoms with Gasteiger partial charge in [-0.25, -0.2) is 4.98 Å². The van der Waals surface area contributed by atoms with E-state index in [1.54, 1.807) is 16.0 Å². The predicted molar refractivity (Wildman–Crippen MR) is 89.8 cm³/mol. The van der Waals surface area contributed by atoms with Crippen molar-refractivity contribution in [2.75, 3.05) is 0 Å². The number of aromatic nitrogens is 4. The first-order valence-corrected chi connectivity index (χ1v) is 7.88. The Kier molecular flexibility index (Phi) is 3.01. The van der Waals surface area contributed by atoms with Crippen molar-refractivity contribution in [2.45, 2.75) is 6.92 Å². The molecule has 0 saturated heterocycles. The average Bonchev–Trinajstić information content (AvgIpc) is 3.14. The molecule has 4 aromatic heterocycles. The van der Waals surface area contributed by atoms with Crippen molar-refractivity contribution in [3.05, 3.63) is 53.9 Å². The highest BCUT2D eigenvalue weighted by atomic mass is 32.1. The molecule has 22 heavy (non-hydrogen) atoms. The van der Waals surface area contributed by atoms with E-state index in [9.17, 15) is 0 Å². The Balaban J connectivity index is 1.96. The van der Waals surface area contributed by atoms with Gasteiger partial charge >= 0.3 is 0 Å². The molecular weight excluding hydrogens is 292 g/mol. The van der Waals surface area contributed by atoms with Crippen LogP contribution in [0.4, 0.5) is 0 Å². The first-order chi connectivity index (χ1) is 10.7. The Labute approximate surface area is 132 Å². The lowest BCUT2D eigenvalue weighted by Gasteiger charge is -2.04. The fourth-order valence-corrected chi connectivity index (χ4v) is 3.60. The zero-order valence-corrected chi connectivity index (χ0v) is 13.1. The van der Waals surface area contributed by atoms with Gasteiger partial charge in [0.15, 0.2) is 0 Å². The summed E-state index contributed by atoms with van der Waals surface area (Å²) in [6.07, 6.45) is 7.48. The summed E-state index contributed by atoms with van der Waals surface area (Å²) < 4.78 is 3.04. The van der Waals surface area contributed by atoms with Crippen LogP contribution in [0.25, 0.3) is 32.6 Å². The maximum Gasteiger partial charge on any atom is 0.0898 e. The fourth-order valence-electron chi connectivity index (χ4n) is 2.60. The number of nitrogens with zero attached hydrogens (tertiary/aromatic N) is 4. The second-order valence-electron chi connectivity index (χ2n) is 5.29. The molecule has 0 aliphatic heterocycles. The van der Waals surface area contributed by atoms with Crippen LogP contribution in [-0.2, 0) is 7.05 Å². The Hall–Kier alpha value is -2.53. The van der Waals surface area contributed by atoms with Gasteiger partial charge in [-0.3, -0.25) is 9.67 Å². The summed E-state index contributed by atoms with van der Waals surface area (Å²) in [5.41, 5.74) is 6.61. The third-order valence-corrected chi connectivity index (χ3v) is 4.81. The molecule has 0 N–H and O–H groups in total. The van der Waals surface area contributed by atoms with Gasteiger partial charge in [0, 0.05) is 42.1 Å². The van der Waals surface area contributed by atoms with Crippen molar-refractivity contribution >= 4 is 21.6 Å². The van der Waals surface area contributed by atoms with Gasteiger partial charge < -0.3 is 0 Å². The monoisotopic (exact) mass is 306 g/mol. The lowest BCUT2D eigenvalue weighted by atomic mass is 10.1. The summed E-state index contributed by atoms with van der Waals surface area (Å²) in [5.74, 6) is 0. The molecule has 0 fully saturated rings. The van der Waals surface area contributed by atoms with Crippen molar-refractivity contribution in [3.63, 3.8) is 0 Å². The van der Waals surface area contributed by atoms with E-state index in [4.69, 9.17) is 4.98 Å². The standard InChI is InChI=1S/C17H14N4S/c1-11-7-15(13-8-19-21(2)9-13)20-16-14(10-22-17(11)16)12-3-5-18-6-4-12/h3-10H,1-2H3. The first kappa shape index (κ1) is 13.2. The quantitative estimate of drug-likeness (QED) is 0.561. The normalized spacial score (nSPS) is 11.2. The lowest BCUT2D eigenvalue weighted by molar-refractivity contribution is 0.768. The molecule has 0 spiro atoms. The highest BCUT2D eigenvalue weighted by molar-refractivity contribution is 7.17. The average molecular weight is 306 g/mol. The van der Waals surface area contributed by atoms with Crippen LogP contribution in [0.2, 0.25) is 0 Å². The molecule has 4 rings (SSSR count). The van der Waals surface area contributed by atoms with Crippen LogP contribution in [0, 0.1) is 6.92 Å². The van der Waals surface area contributed by atoms with Crippen LogP contribution in [0.5, 0.6) is 0 Å². The molecular formula is C17H14N4S. The number of thiophene rings is 1. The van der Waals surface area contributed by atoms with Gasteiger partial charge in [-0.05, 0) is 36.2 Å². The summed E-state index contributed by atoms with van der Waals surface area (Å²) >= 11 is 1.74. The van der Waals surface area contributed by atoms with E-state index in [0.717, 1.165) is 27.9 Å². The van der Waals surface area contributed by atoms with Crippen molar-refractivity contribution in [3.8, 4) is 22.4 Å². The molecule has 0 aliphatic rings. The summed E-state index contributed by atoms with van der Waals surface area (Å²) in [7, 11) is 1.92. The molecule has 0 unspecified atom stereocenters. The van der Waals surface area contributed by atoms with Crippen LogP contribution >= 0.6 is 11.3 Å². The van der Waals surface area contributed by atoms with E-state index in [0.29, 0.717) is 0 Å². The topological polar surface area (TPSA) is 43.6 Å². The van der Waals surface area contributed by atoms with E-state index in [-0.39, 0.29) is 0 Å². The first-order valence-electron chi connectivity index (χ1n) is 7.00. The molecule has 4 nitrogen and oxygen atoms in total. The van der Waals surface area contributed by atoms with Crippen LogP contribution in [-0.4, -0.2) is 19.7 Å². The van der Waals surface area contributed by atoms with Crippen molar-refractivity contribution in [1.82, 2.24) is 19.7 Å². The third kappa shape index (κ3) is 2.10. The molecule has 0 atom stereocenters. The minimum absolute atomic E-state index is 0.965. The molecule has 0 radical (unpaired) electrons. The van der Waals surface area contributed by atoms with Crippen LogP contribution in [0.3, 0.4) is 0 Å². The second-order valence-corrected chi connectivity index (χ2v) is 6.17. The molecule has 5 heteroatoms. The van der Waals surface area contributed by atoms with Gasteiger partial charge in [-0.15, -0.1) is 11.3 Å². The molecule has 0 saturated carbocycles. The van der Waals surface area contributed by atoms with Gasteiger partial charge in [0.1, 0.15) is 0 Å². The Morgan fingerprint density at radius 1 is 1.14 bits per heavy atom. The molecule has 0 amide bonds. The van der Waals surface area contributed by atoms with E-state index in [2.05, 4.69) is 28.5 Å². The summed E-state index contributed by atoms with van der Waals surface area (Å²) in [5, 5.41) is 6.42. The Morgan fingerprint density at radius 3 is 2.68 bits per heavy atom. The SMILES string of the molecule is Cc1cc(-c2cnn(C)c2)nc2c(-c3ccncc3)csc12. The summed E-state index contributed by atoms with van der Waals surface area (Å²) in [6.45, 7) is 2.14. The van der Waals surface area contributed by atoms with E-state index < -0.39 is 0 Å². The molecule has 108 valence electrons. The largest absolute Gasteiger partial charge is 0.275 e. The third-order valence-electron chi connectivity index (χ3n) is 3.70. The molecule has 4 heterocycles. The van der Waals surface area contributed by atoms with E-state index in [1.165, 1.54) is 10.3 Å². The van der Waals surface area contributed by atoms with Gasteiger partial charge in [0.2, 0.25) is 0 Å².